The van der Waals surface area contributed by atoms with Gasteiger partial charge in [-0.2, -0.15) is 0 Å². The van der Waals surface area contributed by atoms with E-state index in [0.717, 1.165) is 25.0 Å². The lowest BCUT2D eigenvalue weighted by Gasteiger charge is -2.19. The normalized spacial score (nSPS) is 17.7. The lowest BCUT2D eigenvalue weighted by atomic mass is 9.91. The number of rotatable bonds is 5. The van der Waals surface area contributed by atoms with Crippen molar-refractivity contribution in [3.05, 3.63) is 35.6 Å². The first-order valence-electron chi connectivity index (χ1n) is 6.83. The highest BCUT2D eigenvalue weighted by Crippen LogP contribution is 2.27. The summed E-state index contributed by atoms with van der Waals surface area (Å²) in [5.41, 5.74) is 2.61. The predicted octanol–water partition coefficient (Wildman–Crippen LogP) is 5.55. The molecule has 18 heavy (non-hydrogen) atoms. The van der Waals surface area contributed by atoms with Crippen LogP contribution in [0, 0.1) is 5.92 Å². The maximum atomic E-state index is 12.6. The molecule has 1 nitrogen and oxygen atoms in total. The third-order valence-corrected chi connectivity index (χ3v) is 2.92. The van der Waals surface area contributed by atoms with Crippen molar-refractivity contribution in [3.8, 4) is 0 Å². The number of hydrogen-bond acceptors (Lipinski definition) is 1. The van der Waals surface area contributed by atoms with Gasteiger partial charge in [0.15, 0.2) is 0 Å². The monoisotopic (exact) mass is 254 g/mol. The van der Waals surface area contributed by atoms with Crippen molar-refractivity contribution in [1.82, 2.24) is 0 Å². The van der Waals surface area contributed by atoms with Crippen molar-refractivity contribution < 1.29 is 9.13 Å². The highest BCUT2D eigenvalue weighted by Gasteiger charge is 2.12. The first-order chi connectivity index (χ1) is 8.49. The molecular weight excluding hydrogens is 227 g/mol. The second-order valence-electron chi connectivity index (χ2n) is 4.57. The average molecular weight is 254 g/mol. The maximum absolute atomic E-state index is 12.6. The van der Waals surface area contributed by atoms with Crippen LogP contribution in [-0.2, 0) is 4.74 Å². The van der Waals surface area contributed by atoms with E-state index in [0.29, 0.717) is 5.92 Å². The van der Waals surface area contributed by atoms with Gasteiger partial charge in [-0.05, 0) is 31.8 Å². The standard InChI is InChI=1S/C14H21FO.C2H6/c1-10(2)11(3)9-13-5-7-14(8-6-13)16-12(4)15;1-2/h5,7,11-12H,1,6,8-9H2,2-4H3;1-2H3/t11-,12?;/m0./s1. The second kappa shape index (κ2) is 8.96. The molecule has 0 heterocycles. The third kappa shape index (κ3) is 6.63. The predicted molar refractivity (Wildman–Crippen MR) is 77.0 cm³/mol. The summed E-state index contributed by atoms with van der Waals surface area (Å²) in [6.07, 6.45) is 5.56. The van der Waals surface area contributed by atoms with E-state index in [-0.39, 0.29) is 0 Å². The van der Waals surface area contributed by atoms with Gasteiger partial charge < -0.3 is 4.74 Å². The van der Waals surface area contributed by atoms with E-state index in [1.807, 2.05) is 19.9 Å². The van der Waals surface area contributed by atoms with Crippen molar-refractivity contribution in [2.24, 2.45) is 5.92 Å². The van der Waals surface area contributed by atoms with Crippen LogP contribution < -0.4 is 0 Å². The van der Waals surface area contributed by atoms with Gasteiger partial charge in [0.05, 0.1) is 0 Å². The maximum Gasteiger partial charge on any atom is 0.235 e. The van der Waals surface area contributed by atoms with Crippen LogP contribution in [0.15, 0.2) is 35.6 Å². The molecule has 2 heteroatoms. The summed E-state index contributed by atoms with van der Waals surface area (Å²) >= 11 is 0. The molecule has 0 spiro atoms. The van der Waals surface area contributed by atoms with Crippen LogP contribution in [0.2, 0.25) is 0 Å². The molecule has 1 rings (SSSR count). The van der Waals surface area contributed by atoms with Gasteiger partial charge in [-0.1, -0.05) is 44.6 Å². The molecular formula is C16H27FO. The minimum absolute atomic E-state index is 0.516. The molecule has 1 unspecified atom stereocenters. The topological polar surface area (TPSA) is 9.23 Å². The summed E-state index contributed by atoms with van der Waals surface area (Å²) < 4.78 is 17.6. The van der Waals surface area contributed by atoms with Gasteiger partial charge in [0.1, 0.15) is 5.76 Å². The van der Waals surface area contributed by atoms with Gasteiger partial charge in [-0.3, -0.25) is 0 Å². The van der Waals surface area contributed by atoms with Gasteiger partial charge in [-0.15, -0.1) is 0 Å². The zero-order valence-corrected chi connectivity index (χ0v) is 12.4. The van der Waals surface area contributed by atoms with Gasteiger partial charge in [0.25, 0.3) is 0 Å². The molecule has 0 radical (unpaired) electrons. The highest BCUT2D eigenvalue weighted by atomic mass is 19.1. The number of allylic oxidation sites excluding steroid dienone is 5. The molecule has 104 valence electrons. The van der Waals surface area contributed by atoms with Crippen LogP contribution in [-0.4, -0.2) is 6.36 Å². The quantitative estimate of drug-likeness (QED) is 0.584. The number of alkyl halides is 1. The third-order valence-electron chi connectivity index (χ3n) is 2.92. The van der Waals surface area contributed by atoms with Crippen LogP contribution in [0.4, 0.5) is 4.39 Å². The molecule has 0 aromatic heterocycles. The van der Waals surface area contributed by atoms with Crippen molar-refractivity contribution in [1.29, 1.82) is 0 Å². The van der Waals surface area contributed by atoms with Crippen LogP contribution in [0.1, 0.15) is 53.9 Å². The number of ether oxygens (including phenoxy) is 1. The molecule has 0 amide bonds. The summed E-state index contributed by atoms with van der Waals surface area (Å²) in [4.78, 5) is 0. The molecule has 0 saturated carbocycles. The molecule has 0 aliphatic heterocycles. The minimum atomic E-state index is -1.21. The Bertz CT molecular complexity index is 313. The SMILES string of the molecule is C=C(C)[C@@H](C)CC1=CC=C(OC(C)F)CC1.CC. The fourth-order valence-corrected chi connectivity index (χ4v) is 1.71. The summed E-state index contributed by atoms with van der Waals surface area (Å²) in [6, 6.07) is 0. The smallest absolute Gasteiger partial charge is 0.235 e. The second-order valence-corrected chi connectivity index (χ2v) is 4.57. The Kier molecular flexibility index (Phi) is 8.43. The Hall–Kier alpha value is -1.05. The Morgan fingerprint density at radius 3 is 2.33 bits per heavy atom. The molecule has 0 aromatic carbocycles. The van der Waals surface area contributed by atoms with Gasteiger partial charge in [0.2, 0.25) is 6.36 Å². The van der Waals surface area contributed by atoms with E-state index in [9.17, 15) is 4.39 Å². The summed E-state index contributed by atoms with van der Waals surface area (Å²) in [5, 5.41) is 0. The van der Waals surface area contributed by atoms with E-state index < -0.39 is 6.36 Å². The Balaban J connectivity index is 0.00000137. The Morgan fingerprint density at radius 1 is 1.33 bits per heavy atom. The van der Waals surface area contributed by atoms with E-state index >= 15 is 0 Å². The minimum Gasteiger partial charge on any atom is -0.465 e. The zero-order chi connectivity index (χ0) is 14.1. The zero-order valence-electron chi connectivity index (χ0n) is 12.4. The molecule has 1 aliphatic rings. The fourth-order valence-electron chi connectivity index (χ4n) is 1.71. The average Bonchev–Trinajstić information content (AvgIpc) is 2.33. The molecule has 0 bridgehead atoms. The van der Waals surface area contributed by atoms with E-state index in [1.165, 1.54) is 18.1 Å². The Morgan fingerprint density at radius 2 is 1.94 bits per heavy atom. The lowest BCUT2D eigenvalue weighted by molar-refractivity contribution is 0.0176. The molecule has 1 aliphatic carbocycles. The summed E-state index contributed by atoms with van der Waals surface area (Å²) in [5.74, 6) is 1.27. The lowest BCUT2D eigenvalue weighted by Crippen LogP contribution is -2.05. The largest absolute Gasteiger partial charge is 0.465 e. The molecule has 0 aromatic rings. The first kappa shape index (κ1) is 16.9. The highest BCUT2D eigenvalue weighted by molar-refractivity contribution is 5.22. The van der Waals surface area contributed by atoms with Crippen molar-refractivity contribution in [3.63, 3.8) is 0 Å². The number of halogens is 1. The van der Waals surface area contributed by atoms with Gasteiger partial charge >= 0.3 is 0 Å². The van der Waals surface area contributed by atoms with Crippen molar-refractivity contribution >= 4 is 0 Å². The Labute approximate surface area is 111 Å². The molecule has 0 saturated heterocycles. The van der Waals surface area contributed by atoms with Crippen LogP contribution in [0.5, 0.6) is 0 Å². The summed E-state index contributed by atoms with van der Waals surface area (Å²) in [7, 11) is 0. The van der Waals surface area contributed by atoms with E-state index in [4.69, 9.17) is 4.74 Å². The van der Waals surface area contributed by atoms with Crippen molar-refractivity contribution in [2.75, 3.05) is 0 Å². The molecule has 2 atom stereocenters. The van der Waals surface area contributed by atoms with E-state index in [2.05, 4.69) is 26.5 Å². The van der Waals surface area contributed by atoms with Gasteiger partial charge in [-0.25, -0.2) is 4.39 Å². The van der Waals surface area contributed by atoms with Gasteiger partial charge in [0, 0.05) is 13.3 Å². The van der Waals surface area contributed by atoms with Crippen LogP contribution >= 0.6 is 0 Å². The molecule has 0 N–H and O–H groups in total. The molecule has 0 fully saturated rings. The first-order valence-corrected chi connectivity index (χ1v) is 6.83. The van der Waals surface area contributed by atoms with E-state index in [1.54, 1.807) is 0 Å². The summed E-state index contributed by atoms with van der Waals surface area (Å²) in [6.45, 7) is 13.6. The van der Waals surface area contributed by atoms with Crippen LogP contribution in [0.3, 0.4) is 0 Å². The fraction of sp³-hybridized carbons (Fsp3) is 0.625. The number of hydrogen-bond donors (Lipinski definition) is 0. The van der Waals surface area contributed by atoms with Crippen LogP contribution in [0.25, 0.3) is 0 Å². The van der Waals surface area contributed by atoms with Crippen molar-refractivity contribution in [2.45, 2.75) is 60.2 Å².